The highest BCUT2D eigenvalue weighted by Crippen LogP contribution is 2.45. The Kier molecular flexibility index (Phi) is 9.96. The molecule has 12 nitrogen and oxygen atoms in total. The van der Waals surface area contributed by atoms with Gasteiger partial charge >= 0.3 is 6.09 Å². The van der Waals surface area contributed by atoms with Gasteiger partial charge in [0.2, 0.25) is 0 Å². The van der Waals surface area contributed by atoms with E-state index in [1.165, 1.54) is 34.0 Å². The maximum absolute atomic E-state index is 14.5. The van der Waals surface area contributed by atoms with Gasteiger partial charge in [0.05, 0.1) is 52.1 Å². The number of halogens is 2. The molecule has 1 amide bonds. The Morgan fingerprint density at radius 3 is 2.47 bits per heavy atom. The standard InChI is InChI=1S/C38H38F2N4O8S/c39-31-7-8-32(40)34(30(31)20-41)52-27-6-9-33-29(18-27)35(45)44(24-42-33)26-19-38(51-22-26)12-10-28(11-13-38)53(48,49)23-37(47)14-16-43(17-15-37)36(46)50-21-25-4-2-1-3-5-25/h1-9,18,24,26,28,47H,10-17,19,21-23H2. The highest BCUT2D eigenvalue weighted by Gasteiger charge is 2.48. The van der Waals surface area contributed by atoms with Gasteiger partial charge in [-0.15, -0.1) is 0 Å². The van der Waals surface area contributed by atoms with Gasteiger partial charge in [0.1, 0.15) is 29.8 Å². The van der Waals surface area contributed by atoms with E-state index in [-0.39, 0.29) is 62.1 Å². The molecular weight excluding hydrogens is 711 g/mol. The Hall–Kier alpha value is -4.91. The smallest absolute Gasteiger partial charge is 0.410 e. The van der Waals surface area contributed by atoms with Gasteiger partial charge in [-0.3, -0.25) is 9.36 Å². The Morgan fingerprint density at radius 1 is 1.04 bits per heavy atom. The number of carbonyl (C=O) groups excluding carboxylic acids is 1. The number of carbonyl (C=O) groups is 1. The van der Waals surface area contributed by atoms with E-state index in [0.29, 0.717) is 37.6 Å². The first-order valence-electron chi connectivity index (χ1n) is 17.5. The van der Waals surface area contributed by atoms with Crippen molar-refractivity contribution in [2.75, 3.05) is 25.4 Å². The van der Waals surface area contributed by atoms with Crippen LogP contribution >= 0.6 is 0 Å². The zero-order valence-corrected chi connectivity index (χ0v) is 29.6. The Balaban J connectivity index is 0.953. The van der Waals surface area contributed by atoms with Crippen LogP contribution in [0.25, 0.3) is 10.9 Å². The number of hydrogen-bond donors (Lipinski definition) is 1. The summed E-state index contributed by atoms with van der Waals surface area (Å²) in [5, 5.41) is 20.1. The fourth-order valence-corrected chi connectivity index (χ4v) is 9.90. The van der Waals surface area contributed by atoms with Crippen molar-refractivity contribution in [1.82, 2.24) is 14.5 Å². The first-order chi connectivity index (χ1) is 25.4. The fraction of sp³-hybridized carbons (Fsp3) is 0.421. The largest absolute Gasteiger partial charge is 0.453 e. The summed E-state index contributed by atoms with van der Waals surface area (Å²) in [6.07, 6.45) is 3.25. The van der Waals surface area contributed by atoms with Crippen molar-refractivity contribution in [3.8, 4) is 17.6 Å². The van der Waals surface area contributed by atoms with Crippen LogP contribution in [0.2, 0.25) is 0 Å². The number of amides is 1. The van der Waals surface area contributed by atoms with Crippen LogP contribution < -0.4 is 10.3 Å². The number of piperidine rings is 1. The number of aromatic nitrogens is 2. The number of likely N-dealkylation sites (tertiary alicyclic amines) is 1. The number of rotatable bonds is 8. The molecule has 1 atom stereocenters. The van der Waals surface area contributed by atoms with E-state index in [0.717, 1.165) is 17.7 Å². The Bertz CT molecular complexity index is 2230. The molecule has 0 bridgehead atoms. The van der Waals surface area contributed by atoms with Gasteiger partial charge in [-0.2, -0.15) is 5.26 Å². The van der Waals surface area contributed by atoms with Crippen molar-refractivity contribution in [2.45, 2.75) is 74.0 Å². The van der Waals surface area contributed by atoms with Crippen molar-refractivity contribution in [1.29, 1.82) is 5.26 Å². The molecule has 1 spiro atoms. The fourth-order valence-electron chi connectivity index (χ4n) is 7.67. The summed E-state index contributed by atoms with van der Waals surface area (Å²) in [5.74, 6) is -2.83. The average Bonchev–Trinajstić information content (AvgIpc) is 3.55. The maximum Gasteiger partial charge on any atom is 0.410 e. The number of benzene rings is 3. The van der Waals surface area contributed by atoms with Crippen LogP contribution in [-0.4, -0.2) is 76.0 Å². The Labute approximate surface area is 304 Å². The van der Waals surface area contributed by atoms with E-state index in [4.69, 9.17) is 14.2 Å². The predicted octanol–water partition coefficient (Wildman–Crippen LogP) is 5.56. The normalized spacial score (nSPS) is 22.8. The zero-order valence-electron chi connectivity index (χ0n) is 28.7. The molecule has 7 rings (SSSR count). The lowest BCUT2D eigenvalue weighted by Gasteiger charge is -2.40. The minimum absolute atomic E-state index is 0.0189. The molecule has 1 unspecified atom stereocenters. The lowest BCUT2D eigenvalue weighted by molar-refractivity contribution is -0.0244. The predicted molar refractivity (Wildman–Crippen MR) is 188 cm³/mol. The molecule has 278 valence electrons. The van der Waals surface area contributed by atoms with Gasteiger partial charge in [0.25, 0.3) is 5.56 Å². The molecule has 2 saturated heterocycles. The molecule has 1 aromatic heterocycles. The summed E-state index contributed by atoms with van der Waals surface area (Å²) in [7, 11) is -3.68. The number of hydrogen-bond acceptors (Lipinski definition) is 10. The number of fused-ring (bicyclic) bond motifs is 1. The number of nitriles is 1. The van der Waals surface area contributed by atoms with Gasteiger partial charge in [-0.1, -0.05) is 30.3 Å². The monoisotopic (exact) mass is 748 g/mol. The minimum Gasteiger partial charge on any atom is -0.453 e. The number of nitrogens with zero attached hydrogens (tertiary/aromatic N) is 4. The molecule has 1 N–H and O–H groups in total. The molecule has 1 aliphatic carbocycles. The molecule has 4 aromatic rings. The van der Waals surface area contributed by atoms with Gasteiger partial charge in [0, 0.05) is 13.1 Å². The number of ether oxygens (including phenoxy) is 3. The molecular formula is C38H38F2N4O8S. The number of aliphatic hydroxyl groups is 1. The quantitative estimate of drug-likeness (QED) is 0.242. The average molecular weight is 749 g/mol. The number of sulfone groups is 1. The van der Waals surface area contributed by atoms with E-state index in [9.17, 15) is 37.2 Å². The molecule has 3 heterocycles. The van der Waals surface area contributed by atoms with E-state index < -0.39 is 60.9 Å². The lowest BCUT2D eigenvalue weighted by atomic mass is 9.82. The van der Waals surface area contributed by atoms with Crippen LogP contribution in [-0.2, 0) is 25.9 Å². The highest BCUT2D eigenvalue weighted by molar-refractivity contribution is 7.92. The van der Waals surface area contributed by atoms with Crippen LogP contribution in [0.5, 0.6) is 11.5 Å². The third-order valence-electron chi connectivity index (χ3n) is 10.7. The third kappa shape index (κ3) is 7.62. The van der Waals surface area contributed by atoms with Crippen LogP contribution in [0, 0.1) is 23.0 Å². The van der Waals surface area contributed by atoms with Crippen molar-refractivity contribution in [3.63, 3.8) is 0 Å². The molecule has 15 heteroatoms. The molecule has 2 aliphatic heterocycles. The van der Waals surface area contributed by atoms with Crippen LogP contribution in [0.15, 0.2) is 71.8 Å². The second-order valence-electron chi connectivity index (χ2n) is 14.2. The summed E-state index contributed by atoms with van der Waals surface area (Å²) < 4.78 is 74.4. The van der Waals surface area contributed by atoms with E-state index >= 15 is 0 Å². The molecule has 3 aromatic carbocycles. The second-order valence-corrected chi connectivity index (χ2v) is 16.5. The van der Waals surface area contributed by atoms with Gasteiger partial charge in [-0.25, -0.2) is 27.0 Å². The SMILES string of the molecule is N#Cc1c(F)ccc(F)c1Oc1ccc2ncn(C3COC4(CCC(S(=O)(=O)CC5(O)CCN(C(=O)OCc6ccccc6)CC5)CC4)C3)c(=O)c2c1. The van der Waals surface area contributed by atoms with Crippen molar-refractivity contribution in [2.24, 2.45) is 0 Å². The van der Waals surface area contributed by atoms with Gasteiger partial charge in [0.15, 0.2) is 21.4 Å². The Morgan fingerprint density at radius 2 is 1.75 bits per heavy atom. The van der Waals surface area contributed by atoms with E-state index in [2.05, 4.69) is 4.98 Å². The van der Waals surface area contributed by atoms with Crippen molar-refractivity contribution >= 4 is 26.8 Å². The molecule has 0 radical (unpaired) electrons. The van der Waals surface area contributed by atoms with Crippen LogP contribution in [0.4, 0.5) is 13.6 Å². The van der Waals surface area contributed by atoms with Gasteiger partial charge in [-0.05, 0) is 80.8 Å². The van der Waals surface area contributed by atoms with E-state index in [1.54, 1.807) is 6.07 Å². The lowest BCUT2D eigenvalue weighted by Crippen LogP contribution is -2.51. The second kappa shape index (κ2) is 14.5. The topological polar surface area (TPSA) is 161 Å². The summed E-state index contributed by atoms with van der Waals surface area (Å²) >= 11 is 0. The molecule has 1 saturated carbocycles. The van der Waals surface area contributed by atoms with Crippen molar-refractivity contribution < 1.29 is 41.3 Å². The summed E-state index contributed by atoms with van der Waals surface area (Å²) in [5.41, 5.74) is -1.85. The van der Waals surface area contributed by atoms with Crippen molar-refractivity contribution in [3.05, 3.63) is 100 Å². The first kappa shape index (κ1) is 36.4. The third-order valence-corrected chi connectivity index (χ3v) is 13.1. The van der Waals surface area contributed by atoms with Gasteiger partial charge < -0.3 is 24.2 Å². The highest BCUT2D eigenvalue weighted by atomic mass is 32.2. The summed E-state index contributed by atoms with van der Waals surface area (Å²) in [6, 6.07) is 16.5. The van der Waals surface area contributed by atoms with E-state index in [1.807, 2.05) is 30.3 Å². The summed E-state index contributed by atoms with van der Waals surface area (Å²) in [4.78, 5) is 32.2. The zero-order chi connectivity index (χ0) is 37.4. The summed E-state index contributed by atoms with van der Waals surface area (Å²) in [6.45, 7) is 0.717. The molecule has 3 fully saturated rings. The maximum atomic E-state index is 14.5. The van der Waals surface area contributed by atoms with Crippen LogP contribution in [0.1, 0.15) is 62.1 Å². The molecule has 53 heavy (non-hydrogen) atoms. The minimum atomic E-state index is -3.68. The first-order valence-corrected chi connectivity index (χ1v) is 19.2. The molecule has 3 aliphatic rings. The van der Waals surface area contributed by atoms with Crippen LogP contribution in [0.3, 0.4) is 0 Å².